The summed E-state index contributed by atoms with van der Waals surface area (Å²) in [6.45, 7) is 3.61. The minimum Gasteiger partial charge on any atom is -0.336 e. The Labute approximate surface area is 108 Å². The molecule has 0 aliphatic carbocycles. The molecule has 0 radical (unpaired) electrons. The number of amides is 1. The Morgan fingerprint density at radius 3 is 2.94 bits per heavy atom. The SMILES string of the molecule is CC1CCN(C(=O)c2cccc(=O)[nH]2)CC1Br. The van der Waals surface area contributed by atoms with Crippen LogP contribution in [0.1, 0.15) is 23.8 Å². The normalized spacial score (nSPS) is 24.7. The van der Waals surface area contributed by atoms with Crippen molar-refractivity contribution in [2.24, 2.45) is 5.92 Å². The van der Waals surface area contributed by atoms with Crippen LogP contribution in [0.5, 0.6) is 0 Å². The molecule has 4 nitrogen and oxygen atoms in total. The first-order valence-electron chi connectivity index (χ1n) is 5.70. The first-order valence-corrected chi connectivity index (χ1v) is 6.62. The quantitative estimate of drug-likeness (QED) is 0.801. The number of rotatable bonds is 1. The summed E-state index contributed by atoms with van der Waals surface area (Å²) >= 11 is 3.58. The summed E-state index contributed by atoms with van der Waals surface area (Å²) < 4.78 is 0. The number of carbonyl (C=O) groups is 1. The number of hydrogen-bond donors (Lipinski definition) is 1. The third-order valence-corrected chi connectivity index (χ3v) is 4.34. The molecule has 2 unspecified atom stereocenters. The fourth-order valence-corrected chi connectivity index (χ4v) is 2.56. The van der Waals surface area contributed by atoms with Crippen molar-refractivity contribution in [2.45, 2.75) is 18.2 Å². The van der Waals surface area contributed by atoms with Crippen molar-refractivity contribution in [3.63, 3.8) is 0 Å². The summed E-state index contributed by atoms with van der Waals surface area (Å²) in [5, 5.41) is 0. The maximum Gasteiger partial charge on any atom is 0.270 e. The number of H-pyrrole nitrogens is 1. The monoisotopic (exact) mass is 298 g/mol. The highest BCUT2D eigenvalue weighted by atomic mass is 79.9. The van der Waals surface area contributed by atoms with Crippen LogP contribution in [0.2, 0.25) is 0 Å². The lowest BCUT2D eigenvalue weighted by Crippen LogP contribution is -2.44. The van der Waals surface area contributed by atoms with E-state index in [0.717, 1.165) is 13.0 Å². The van der Waals surface area contributed by atoms with Gasteiger partial charge in [0.25, 0.3) is 5.91 Å². The number of nitrogens with one attached hydrogen (secondary N) is 1. The third kappa shape index (κ3) is 2.77. The highest BCUT2D eigenvalue weighted by Gasteiger charge is 2.27. The van der Waals surface area contributed by atoms with Crippen LogP contribution in [0.25, 0.3) is 0 Å². The van der Waals surface area contributed by atoms with Crippen LogP contribution in [-0.2, 0) is 0 Å². The molecule has 1 aliphatic heterocycles. The van der Waals surface area contributed by atoms with Crippen LogP contribution in [0, 0.1) is 5.92 Å². The van der Waals surface area contributed by atoms with Crippen LogP contribution >= 0.6 is 15.9 Å². The van der Waals surface area contributed by atoms with Crippen molar-refractivity contribution in [3.8, 4) is 0 Å². The Hall–Kier alpha value is -1.10. The van der Waals surface area contributed by atoms with E-state index in [0.29, 0.717) is 23.0 Å². The van der Waals surface area contributed by atoms with Gasteiger partial charge in [0.05, 0.1) is 0 Å². The van der Waals surface area contributed by atoms with Crippen molar-refractivity contribution in [3.05, 3.63) is 34.2 Å². The molecular weight excluding hydrogens is 284 g/mol. The Morgan fingerprint density at radius 1 is 1.53 bits per heavy atom. The van der Waals surface area contributed by atoms with Gasteiger partial charge in [0, 0.05) is 24.0 Å². The molecule has 1 aromatic heterocycles. The number of carbonyl (C=O) groups excluding carboxylic acids is 1. The maximum atomic E-state index is 12.1. The number of nitrogens with zero attached hydrogens (tertiary/aromatic N) is 1. The predicted molar refractivity (Wildman–Crippen MR) is 69.5 cm³/mol. The number of aromatic amines is 1. The van der Waals surface area contributed by atoms with Crippen molar-refractivity contribution >= 4 is 21.8 Å². The predicted octanol–water partition coefficient (Wildman–Crippen LogP) is 1.62. The third-order valence-electron chi connectivity index (χ3n) is 3.15. The average molecular weight is 299 g/mol. The second-order valence-corrected chi connectivity index (χ2v) is 5.64. The lowest BCUT2D eigenvalue weighted by molar-refractivity contribution is 0.0699. The van der Waals surface area contributed by atoms with E-state index in [-0.39, 0.29) is 11.5 Å². The molecule has 92 valence electrons. The van der Waals surface area contributed by atoms with Gasteiger partial charge in [-0.05, 0) is 18.4 Å². The summed E-state index contributed by atoms with van der Waals surface area (Å²) in [5.41, 5.74) is 0.128. The van der Waals surface area contributed by atoms with Gasteiger partial charge in [-0.2, -0.15) is 0 Å². The van der Waals surface area contributed by atoms with Crippen molar-refractivity contribution in [1.82, 2.24) is 9.88 Å². The largest absolute Gasteiger partial charge is 0.336 e. The van der Waals surface area contributed by atoms with E-state index < -0.39 is 0 Å². The van der Waals surface area contributed by atoms with Gasteiger partial charge in [0.1, 0.15) is 5.69 Å². The molecule has 17 heavy (non-hydrogen) atoms. The molecule has 1 amide bonds. The minimum atomic E-state index is -0.239. The van der Waals surface area contributed by atoms with Crippen LogP contribution in [-0.4, -0.2) is 33.7 Å². The van der Waals surface area contributed by atoms with E-state index in [4.69, 9.17) is 0 Å². The molecule has 2 atom stereocenters. The molecule has 1 aliphatic rings. The van der Waals surface area contributed by atoms with Gasteiger partial charge in [-0.3, -0.25) is 9.59 Å². The zero-order valence-corrected chi connectivity index (χ0v) is 11.2. The van der Waals surface area contributed by atoms with E-state index in [9.17, 15) is 9.59 Å². The first kappa shape index (κ1) is 12.4. The zero-order valence-electron chi connectivity index (χ0n) is 9.65. The molecular formula is C12H15BrN2O2. The lowest BCUT2D eigenvalue weighted by Gasteiger charge is -2.34. The van der Waals surface area contributed by atoms with Gasteiger partial charge >= 0.3 is 0 Å². The molecule has 2 rings (SSSR count). The number of pyridine rings is 1. The van der Waals surface area contributed by atoms with E-state index >= 15 is 0 Å². The summed E-state index contributed by atoms with van der Waals surface area (Å²) in [6, 6.07) is 4.65. The Morgan fingerprint density at radius 2 is 2.29 bits per heavy atom. The Balaban J connectivity index is 2.13. The number of halogens is 1. The van der Waals surface area contributed by atoms with Crippen LogP contribution < -0.4 is 5.56 Å². The maximum absolute atomic E-state index is 12.1. The molecule has 1 fully saturated rings. The van der Waals surface area contributed by atoms with Crippen molar-refractivity contribution in [2.75, 3.05) is 13.1 Å². The van der Waals surface area contributed by atoms with Gasteiger partial charge < -0.3 is 9.88 Å². The smallest absolute Gasteiger partial charge is 0.270 e. The number of piperidine rings is 1. The standard InChI is InChI=1S/C12H15BrN2O2/c1-8-5-6-15(7-9(8)13)12(17)10-3-2-4-11(16)14-10/h2-4,8-9H,5-7H2,1H3,(H,14,16). The number of likely N-dealkylation sites (tertiary alicyclic amines) is 1. The molecule has 5 heteroatoms. The summed E-state index contributed by atoms with van der Waals surface area (Å²) in [6.07, 6.45) is 0.985. The number of alkyl halides is 1. The van der Waals surface area contributed by atoms with Crippen molar-refractivity contribution < 1.29 is 4.79 Å². The summed E-state index contributed by atoms with van der Waals surface area (Å²) in [5.74, 6) is 0.480. The van der Waals surface area contributed by atoms with Gasteiger partial charge in [0.2, 0.25) is 5.56 Å². The van der Waals surface area contributed by atoms with Gasteiger partial charge in [-0.1, -0.05) is 28.9 Å². The van der Waals surface area contributed by atoms with E-state index in [2.05, 4.69) is 27.8 Å². The average Bonchev–Trinajstić information content (AvgIpc) is 2.32. The molecule has 1 saturated heterocycles. The second-order valence-electron chi connectivity index (χ2n) is 4.46. The topological polar surface area (TPSA) is 53.2 Å². The molecule has 0 spiro atoms. The number of aromatic nitrogens is 1. The van der Waals surface area contributed by atoms with Gasteiger partial charge in [0.15, 0.2) is 0 Å². The van der Waals surface area contributed by atoms with Gasteiger partial charge in [-0.25, -0.2) is 0 Å². The number of hydrogen-bond acceptors (Lipinski definition) is 2. The van der Waals surface area contributed by atoms with Crippen LogP contribution in [0.4, 0.5) is 0 Å². The van der Waals surface area contributed by atoms with Gasteiger partial charge in [-0.15, -0.1) is 0 Å². The summed E-state index contributed by atoms with van der Waals surface area (Å²) in [4.78, 5) is 28.0. The lowest BCUT2D eigenvalue weighted by atomic mass is 9.99. The van der Waals surface area contributed by atoms with Crippen LogP contribution in [0.15, 0.2) is 23.0 Å². The Kier molecular flexibility index (Phi) is 3.66. The molecule has 0 aromatic carbocycles. The molecule has 0 saturated carbocycles. The molecule has 1 N–H and O–H groups in total. The van der Waals surface area contributed by atoms with Crippen molar-refractivity contribution in [1.29, 1.82) is 0 Å². The minimum absolute atomic E-state index is 0.0981. The van der Waals surface area contributed by atoms with E-state index in [1.54, 1.807) is 17.0 Å². The second kappa shape index (κ2) is 5.04. The fourth-order valence-electron chi connectivity index (χ4n) is 1.95. The fraction of sp³-hybridized carbons (Fsp3) is 0.500. The van der Waals surface area contributed by atoms with Crippen LogP contribution in [0.3, 0.4) is 0 Å². The zero-order chi connectivity index (χ0) is 12.4. The first-order chi connectivity index (χ1) is 8.08. The highest BCUT2D eigenvalue weighted by Crippen LogP contribution is 2.23. The molecule has 1 aromatic rings. The van der Waals surface area contributed by atoms with E-state index in [1.807, 2.05) is 0 Å². The highest BCUT2D eigenvalue weighted by molar-refractivity contribution is 9.09. The summed E-state index contributed by atoms with van der Waals surface area (Å²) in [7, 11) is 0. The Bertz CT molecular complexity index is 472. The molecule has 2 heterocycles. The van der Waals surface area contributed by atoms with E-state index in [1.165, 1.54) is 6.07 Å². The molecule has 0 bridgehead atoms.